The minimum Gasteiger partial charge on any atom is -0.491 e. The lowest BCUT2D eigenvalue weighted by atomic mass is 9.91. The standard InChI is InChI=1S/C34H29ClF2N4O4S/c1-17-9-24(32-31(38-17)26(16-46-32)34(43)44)23-12-21(35)3-6-30(23)45-8-7-41-18(2)39-29-5-4-22(13-25(29)33(41)42)40-14-19-10-27(36)28(37)11-20(19)15-40/h3,6,9-12,16,22H,4-5,7-8,13-15H2,1-2H3,(H,43,44). The quantitative estimate of drug-likeness (QED) is 0.207. The maximum absolute atomic E-state index is 13.8. The van der Waals surface area contributed by atoms with Crippen LogP contribution < -0.4 is 10.3 Å². The number of aromatic nitrogens is 3. The number of nitrogens with zero attached hydrogens (tertiary/aromatic N) is 4. The summed E-state index contributed by atoms with van der Waals surface area (Å²) < 4.78 is 36.3. The molecule has 2 aliphatic rings. The number of rotatable bonds is 7. The number of carboxylic acid groups (broad SMARTS) is 1. The number of carboxylic acids is 1. The van der Waals surface area contributed by atoms with E-state index >= 15 is 0 Å². The average molecular weight is 663 g/mol. The van der Waals surface area contributed by atoms with Crippen molar-refractivity contribution in [3.63, 3.8) is 0 Å². The van der Waals surface area contributed by atoms with E-state index in [1.54, 1.807) is 28.1 Å². The Hall–Kier alpha value is -4.19. The first-order valence-electron chi connectivity index (χ1n) is 14.9. The van der Waals surface area contributed by atoms with E-state index in [2.05, 4.69) is 9.88 Å². The molecular formula is C34H29ClF2N4O4S. The van der Waals surface area contributed by atoms with E-state index in [1.807, 2.05) is 19.9 Å². The Bertz CT molecular complexity index is 2080. The molecule has 8 nitrogen and oxygen atoms in total. The van der Waals surface area contributed by atoms with Gasteiger partial charge in [-0.15, -0.1) is 11.3 Å². The number of hydrogen-bond acceptors (Lipinski definition) is 7. The Kier molecular flexibility index (Phi) is 7.86. The zero-order valence-electron chi connectivity index (χ0n) is 25.1. The van der Waals surface area contributed by atoms with Gasteiger partial charge in [-0.2, -0.15) is 0 Å². The largest absolute Gasteiger partial charge is 0.491 e. The number of ether oxygens (including phenoxy) is 1. The molecule has 0 bridgehead atoms. The molecule has 2 aromatic carbocycles. The first-order chi connectivity index (χ1) is 22.1. The highest BCUT2D eigenvalue weighted by molar-refractivity contribution is 7.18. The molecule has 1 unspecified atom stereocenters. The van der Waals surface area contributed by atoms with Crippen LogP contribution in [0, 0.1) is 25.5 Å². The molecule has 0 radical (unpaired) electrons. The fraction of sp³-hybridized carbons (Fsp3) is 0.294. The molecule has 3 aromatic heterocycles. The van der Waals surface area contributed by atoms with Crippen LogP contribution in [-0.4, -0.2) is 43.2 Å². The van der Waals surface area contributed by atoms with Crippen LogP contribution in [0.2, 0.25) is 5.02 Å². The molecule has 1 aliphatic heterocycles. The predicted octanol–water partition coefficient (Wildman–Crippen LogP) is 6.72. The van der Waals surface area contributed by atoms with Gasteiger partial charge < -0.3 is 9.84 Å². The zero-order chi connectivity index (χ0) is 32.3. The summed E-state index contributed by atoms with van der Waals surface area (Å²) >= 11 is 7.70. The minimum atomic E-state index is -1.04. The number of carbonyl (C=O) groups is 1. The molecule has 1 N–H and O–H groups in total. The van der Waals surface area contributed by atoms with Crippen molar-refractivity contribution < 1.29 is 23.4 Å². The van der Waals surface area contributed by atoms with Crippen LogP contribution in [0.3, 0.4) is 0 Å². The molecule has 0 saturated carbocycles. The number of hydrogen-bond donors (Lipinski definition) is 1. The molecule has 4 heterocycles. The van der Waals surface area contributed by atoms with Gasteiger partial charge in [0.25, 0.3) is 5.56 Å². The van der Waals surface area contributed by atoms with Gasteiger partial charge in [-0.1, -0.05) is 11.6 Å². The first-order valence-corrected chi connectivity index (χ1v) is 16.2. The van der Waals surface area contributed by atoms with Gasteiger partial charge in [0.15, 0.2) is 11.6 Å². The van der Waals surface area contributed by atoms with Crippen molar-refractivity contribution in [2.45, 2.75) is 58.8 Å². The van der Waals surface area contributed by atoms with Crippen LogP contribution >= 0.6 is 22.9 Å². The number of pyridine rings is 1. The maximum Gasteiger partial charge on any atom is 0.338 e. The first kappa shape index (κ1) is 30.5. The Morgan fingerprint density at radius 2 is 1.83 bits per heavy atom. The lowest BCUT2D eigenvalue weighted by Crippen LogP contribution is -2.41. The molecule has 0 spiro atoms. The highest BCUT2D eigenvalue weighted by atomic mass is 35.5. The molecule has 46 heavy (non-hydrogen) atoms. The third-order valence-electron chi connectivity index (χ3n) is 8.88. The number of halogens is 3. The summed E-state index contributed by atoms with van der Waals surface area (Å²) in [6, 6.07) is 9.76. The average Bonchev–Trinajstić information content (AvgIpc) is 3.63. The Morgan fingerprint density at radius 1 is 1.09 bits per heavy atom. The van der Waals surface area contributed by atoms with Gasteiger partial charge in [0, 0.05) is 51.9 Å². The molecule has 1 atom stereocenters. The topological polar surface area (TPSA) is 97.6 Å². The van der Waals surface area contributed by atoms with Gasteiger partial charge in [0.05, 0.1) is 28.0 Å². The monoisotopic (exact) mass is 662 g/mol. The van der Waals surface area contributed by atoms with Crippen molar-refractivity contribution in [2.75, 3.05) is 6.61 Å². The third kappa shape index (κ3) is 5.46. The number of aromatic carboxylic acids is 1. The molecule has 0 saturated heterocycles. The highest BCUT2D eigenvalue weighted by Crippen LogP contribution is 2.40. The van der Waals surface area contributed by atoms with E-state index in [0.29, 0.717) is 69.6 Å². The Labute approximate surface area is 271 Å². The summed E-state index contributed by atoms with van der Waals surface area (Å²) in [5, 5.41) is 11.7. The van der Waals surface area contributed by atoms with Gasteiger partial charge >= 0.3 is 5.97 Å². The smallest absolute Gasteiger partial charge is 0.338 e. The van der Waals surface area contributed by atoms with Crippen LogP contribution in [0.4, 0.5) is 8.78 Å². The van der Waals surface area contributed by atoms with Crippen molar-refractivity contribution >= 4 is 39.1 Å². The normalized spacial score (nSPS) is 16.1. The fourth-order valence-electron chi connectivity index (χ4n) is 6.63. The second-order valence-corrected chi connectivity index (χ2v) is 13.1. The molecule has 5 aromatic rings. The van der Waals surface area contributed by atoms with Gasteiger partial charge in [-0.05, 0) is 80.6 Å². The van der Waals surface area contributed by atoms with E-state index in [1.165, 1.54) is 23.5 Å². The number of thiophene rings is 1. The summed E-state index contributed by atoms with van der Waals surface area (Å²) in [6.07, 6.45) is 1.98. The summed E-state index contributed by atoms with van der Waals surface area (Å²) in [7, 11) is 0. The molecule has 7 rings (SSSR count). The third-order valence-corrected chi connectivity index (χ3v) is 10.1. The molecular weight excluding hydrogens is 634 g/mol. The molecule has 236 valence electrons. The van der Waals surface area contributed by atoms with Crippen LogP contribution in [0.5, 0.6) is 5.75 Å². The van der Waals surface area contributed by atoms with Crippen molar-refractivity contribution in [2.24, 2.45) is 0 Å². The van der Waals surface area contributed by atoms with E-state index in [9.17, 15) is 23.5 Å². The number of benzene rings is 2. The predicted molar refractivity (Wildman–Crippen MR) is 172 cm³/mol. The van der Waals surface area contributed by atoms with E-state index < -0.39 is 17.6 Å². The second-order valence-electron chi connectivity index (χ2n) is 11.8. The lowest BCUT2D eigenvalue weighted by Gasteiger charge is -2.32. The van der Waals surface area contributed by atoms with Crippen molar-refractivity contribution in [1.82, 2.24) is 19.4 Å². The van der Waals surface area contributed by atoms with E-state index in [4.69, 9.17) is 21.3 Å². The van der Waals surface area contributed by atoms with Gasteiger partial charge in [0.2, 0.25) is 0 Å². The lowest BCUT2D eigenvalue weighted by molar-refractivity contribution is 0.0699. The summed E-state index contributed by atoms with van der Waals surface area (Å²) in [4.78, 5) is 37.0. The van der Waals surface area contributed by atoms with E-state index in [-0.39, 0.29) is 30.3 Å². The molecule has 0 fully saturated rings. The van der Waals surface area contributed by atoms with Crippen molar-refractivity contribution in [1.29, 1.82) is 0 Å². The molecule has 12 heteroatoms. The van der Waals surface area contributed by atoms with Gasteiger partial charge in [-0.3, -0.25) is 19.2 Å². The Balaban J connectivity index is 1.12. The molecule has 0 amide bonds. The van der Waals surface area contributed by atoms with Crippen LogP contribution in [-0.2, 0) is 32.5 Å². The highest BCUT2D eigenvalue weighted by Gasteiger charge is 2.32. The van der Waals surface area contributed by atoms with Crippen LogP contribution in [0.1, 0.15) is 50.7 Å². The molecule has 1 aliphatic carbocycles. The van der Waals surface area contributed by atoms with Gasteiger partial charge in [-0.25, -0.2) is 18.6 Å². The van der Waals surface area contributed by atoms with Crippen LogP contribution in [0.25, 0.3) is 21.3 Å². The summed E-state index contributed by atoms with van der Waals surface area (Å²) in [5.41, 5.74) is 5.62. The minimum absolute atomic E-state index is 0.0594. The maximum atomic E-state index is 13.8. The van der Waals surface area contributed by atoms with Crippen molar-refractivity contribution in [3.05, 3.63) is 108 Å². The van der Waals surface area contributed by atoms with Crippen molar-refractivity contribution in [3.8, 4) is 16.9 Å². The fourth-order valence-corrected chi connectivity index (χ4v) is 7.82. The second kappa shape index (κ2) is 11.9. The van der Waals surface area contributed by atoms with Gasteiger partial charge in [0.1, 0.15) is 18.2 Å². The summed E-state index contributed by atoms with van der Waals surface area (Å²) in [6.45, 7) is 5.10. The van der Waals surface area contributed by atoms with E-state index in [0.717, 1.165) is 28.8 Å². The Morgan fingerprint density at radius 3 is 2.54 bits per heavy atom. The number of aryl methyl sites for hydroxylation is 3. The number of fused-ring (bicyclic) bond motifs is 3. The zero-order valence-corrected chi connectivity index (χ0v) is 26.6. The summed E-state index contributed by atoms with van der Waals surface area (Å²) in [5.74, 6) is -1.58. The van der Waals surface area contributed by atoms with Crippen LogP contribution in [0.15, 0.2) is 46.6 Å². The SMILES string of the molecule is Cc1cc(-c2cc(Cl)ccc2OCCn2c(C)nc3c(c2=O)CC(N2Cc4cc(F)c(F)cc4C2)CC3)c2scc(C(=O)O)c2n1.